The van der Waals surface area contributed by atoms with Crippen molar-refractivity contribution in [3.63, 3.8) is 0 Å². The maximum Gasteiger partial charge on any atom is 0.255 e. The lowest BCUT2D eigenvalue weighted by atomic mass is 10.0. The highest BCUT2D eigenvalue weighted by atomic mass is 16.5. The molecule has 0 aromatic heterocycles. The van der Waals surface area contributed by atoms with Gasteiger partial charge in [0.1, 0.15) is 12.4 Å². The Morgan fingerprint density at radius 1 is 1.00 bits per heavy atom. The zero-order chi connectivity index (χ0) is 20.6. The van der Waals surface area contributed by atoms with E-state index in [1.54, 1.807) is 0 Å². The minimum atomic E-state index is -0.0927. The average molecular weight is 396 g/mol. The zero-order valence-corrected chi connectivity index (χ0v) is 17.9. The predicted molar refractivity (Wildman–Crippen MR) is 119 cm³/mol. The number of likely N-dealkylation sites (N-methyl/N-ethyl adjacent to an activating group) is 1. The van der Waals surface area contributed by atoms with Gasteiger partial charge in [-0.05, 0) is 61.3 Å². The van der Waals surface area contributed by atoms with Gasteiger partial charge < -0.3 is 15.0 Å². The molecule has 0 atom stereocenters. The van der Waals surface area contributed by atoms with Crippen LogP contribution >= 0.6 is 0 Å². The molecule has 1 aliphatic rings. The summed E-state index contributed by atoms with van der Waals surface area (Å²) in [7, 11) is 2.16. The smallest absolute Gasteiger partial charge is 0.255 e. The molecule has 0 spiro atoms. The van der Waals surface area contributed by atoms with Gasteiger partial charge in [-0.1, -0.05) is 26.0 Å². The van der Waals surface area contributed by atoms with Crippen molar-refractivity contribution in [2.24, 2.45) is 5.92 Å². The lowest BCUT2D eigenvalue weighted by molar-refractivity contribution is 0.102. The molecule has 2 aromatic carbocycles. The summed E-state index contributed by atoms with van der Waals surface area (Å²) < 4.78 is 5.86. The number of carbonyl (C=O) groups is 1. The first kappa shape index (κ1) is 21.3. The Kier molecular flexibility index (Phi) is 7.67. The number of ether oxygens (including phenoxy) is 1. The van der Waals surface area contributed by atoms with E-state index in [9.17, 15) is 4.79 Å². The molecule has 1 aliphatic heterocycles. The molecule has 0 bridgehead atoms. The Bertz CT molecular complexity index is 764. The third-order valence-electron chi connectivity index (χ3n) is 5.24. The largest absolute Gasteiger partial charge is 0.492 e. The van der Waals surface area contributed by atoms with E-state index in [0.717, 1.165) is 50.6 Å². The van der Waals surface area contributed by atoms with E-state index in [1.165, 1.54) is 5.56 Å². The van der Waals surface area contributed by atoms with Gasteiger partial charge in [-0.15, -0.1) is 0 Å². The van der Waals surface area contributed by atoms with Gasteiger partial charge >= 0.3 is 0 Å². The van der Waals surface area contributed by atoms with Crippen LogP contribution in [0.2, 0.25) is 0 Å². The molecule has 156 valence electrons. The van der Waals surface area contributed by atoms with Crippen molar-refractivity contribution in [1.29, 1.82) is 0 Å². The van der Waals surface area contributed by atoms with Gasteiger partial charge in [-0.25, -0.2) is 0 Å². The molecule has 1 saturated heterocycles. The minimum absolute atomic E-state index is 0.0927. The molecule has 5 nitrogen and oxygen atoms in total. The SMILES string of the molecule is CC(C)Cc1ccc(C(=O)Nc2ccc(OCCN3CCN(C)CC3)cc2)cc1. The van der Waals surface area contributed by atoms with Crippen LogP contribution in [0.5, 0.6) is 5.75 Å². The minimum Gasteiger partial charge on any atom is -0.492 e. The first-order valence-electron chi connectivity index (χ1n) is 10.5. The molecule has 1 fully saturated rings. The van der Waals surface area contributed by atoms with Crippen LogP contribution in [0.1, 0.15) is 29.8 Å². The molecular formula is C24H33N3O2. The maximum atomic E-state index is 12.5. The molecule has 1 N–H and O–H groups in total. The number of carbonyl (C=O) groups excluding carboxylic acids is 1. The number of piperazine rings is 1. The topological polar surface area (TPSA) is 44.8 Å². The van der Waals surface area contributed by atoms with Crippen LogP contribution in [0.4, 0.5) is 5.69 Å². The molecule has 2 aromatic rings. The normalized spacial score (nSPS) is 15.4. The second-order valence-electron chi connectivity index (χ2n) is 8.27. The average Bonchev–Trinajstić information content (AvgIpc) is 2.71. The monoisotopic (exact) mass is 395 g/mol. The van der Waals surface area contributed by atoms with Crippen LogP contribution < -0.4 is 10.1 Å². The van der Waals surface area contributed by atoms with Crippen LogP contribution in [0, 0.1) is 5.92 Å². The maximum absolute atomic E-state index is 12.5. The molecule has 0 radical (unpaired) electrons. The summed E-state index contributed by atoms with van der Waals surface area (Å²) >= 11 is 0. The van der Waals surface area contributed by atoms with Crippen molar-refractivity contribution in [2.75, 3.05) is 51.7 Å². The van der Waals surface area contributed by atoms with E-state index in [4.69, 9.17) is 4.74 Å². The van der Waals surface area contributed by atoms with Crippen molar-refractivity contribution >= 4 is 11.6 Å². The zero-order valence-electron chi connectivity index (χ0n) is 17.9. The summed E-state index contributed by atoms with van der Waals surface area (Å²) in [5.41, 5.74) is 2.70. The van der Waals surface area contributed by atoms with Crippen molar-refractivity contribution in [2.45, 2.75) is 20.3 Å². The Morgan fingerprint density at radius 3 is 2.28 bits per heavy atom. The molecule has 1 heterocycles. The summed E-state index contributed by atoms with van der Waals surface area (Å²) in [6.07, 6.45) is 1.03. The third kappa shape index (κ3) is 6.87. The fraction of sp³-hybridized carbons (Fsp3) is 0.458. The Labute approximate surface area is 174 Å². The summed E-state index contributed by atoms with van der Waals surface area (Å²) in [5.74, 6) is 1.34. The van der Waals surface area contributed by atoms with Gasteiger partial charge in [-0.3, -0.25) is 9.69 Å². The number of hydrogen-bond acceptors (Lipinski definition) is 4. The second kappa shape index (κ2) is 10.4. The van der Waals surface area contributed by atoms with Gasteiger partial charge in [-0.2, -0.15) is 0 Å². The molecule has 0 aliphatic carbocycles. The summed E-state index contributed by atoms with van der Waals surface area (Å²) in [5, 5.41) is 2.95. The van der Waals surface area contributed by atoms with E-state index < -0.39 is 0 Å². The molecule has 0 unspecified atom stereocenters. The van der Waals surface area contributed by atoms with Crippen LogP contribution in [-0.2, 0) is 6.42 Å². The lowest BCUT2D eigenvalue weighted by Crippen LogP contribution is -2.45. The molecule has 5 heteroatoms. The van der Waals surface area contributed by atoms with Gasteiger partial charge in [0.25, 0.3) is 5.91 Å². The van der Waals surface area contributed by atoms with Gasteiger partial charge in [0.2, 0.25) is 0 Å². The molecular weight excluding hydrogens is 362 g/mol. The van der Waals surface area contributed by atoms with E-state index in [0.29, 0.717) is 18.1 Å². The summed E-state index contributed by atoms with van der Waals surface area (Å²) in [6.45, 7) is 10.5. The summed E-state index contributed by atoms with van der Waals surface area (Å²) in [6, 6.07) is 15.4. The Morgan fingerprint density at radius 2 is 1.66 bits per heavy atom. The number of rotatable bonds is 8. The van der Waals surface area contributed by atoms with Gasteiger partial charge in [0, 0.05) is 44.0 Å². The first-order chi connectivity index (χ1) is 14.0. The molecule has 3 rings (SSSR count). The quantitative estimate of drug-likeness (QED) is 0.739. The second-order valence-corrected chi connectivity index (χ2v) is 8.27. The molecule has 1 amide bonds. The highest BCUT2D eigenvalue weighted by Gasteiger charge is 2.13. The Balaban J connectivity index is 1.44. The number of nitrogens with one attached hydrogen (secondary N) is 1. The van der Waals surface area contributed by atoms with Gasteiger partial charge in [0.15, 0.2) is 0 Å². The van der Waals surface area contributed by atoms with Crippen LogP contribution in [0.3, 0.4) is 0 Å². The van der Waals surface area contributed by atoms with Crippen molar-refractivity contribution < 1.29 is 9.53 Å². The van der Waals surface area contributed by atoms with E-state index >= 15 is 0 Å². The number of amides is 1. The number of hydrogen-bond donors (Lipinski definition) is 1. The van der Waals surface area contributed by atoms with Crippen molar-refractivity contribution in [3.05, 3.63) is 59.7 Å². The fourth-order valence-electron chi connectivity index (χ4n) is 3.47. The van der Waals surface area contributed by atoms with Crippen molar-refractivity contribution in [1.82, 2.24) is 9.80 Å². The number of nitrogens with zero attached hydrogens (tertiary/aromatic N) is 2. The predicted octanol–water partition coefficient (Wildman–Crippen LogP) is 3.76. The Hall–Kier alpha value is -2.37. The highest BCUT2D eigenvalue weighted by molar-refractivity contribution is 6.04. The van der Waals surface area contributed by atoms with Crippen LogP contribution in [-0.4, -0.2) is 62.1 Å². The third-order valence-corrected chi connectivity index (χ3v) is 5.24. The first-order valence-corrected chi connectivity index (χ1v) is 10.5. The molecule has 0 saturated carbocycles. The number of anilines is 1. The standard InChI is InChI=1S/C24H33N3O2/c1-19(2)18-20-4-6-21(7-5-20)24(28)25-22-8-10-23(11-9-22)29-17-16-27-14-12-26(3)13-15-27/h4-11,19H,12-18H2,1-3H3,(H,25,28). The highest BCUT2D eigenvalue weighted by Crippen LogP contribution is 2.17. The fourth-order valence-corrected chi connectivity index (χ4v) is 3.47. The van der Waals surface area contributed by atoms with Crippen LogP contribution in [0.15, 0.2) is 48.5 Å². The number of benzene rings is 2. The van der Waals surface area contributed by atoms with E-state index in [-0.39, 0.29) is 5.91 Å². The van der Waals surface area contributed by atoms with Crippen LogP contribution in [0.25, 0.3) is 0 Å². The van der Waals surface area contributed by atoms with Crippen molar-refractivity contribution in [3.8, 4) is 5.75 Å². The lowest BCUT2D eigenvalue weighted by Gasteiger charge is -2.32. The molecule has 29 heavy (non-hydrogen) atoms. The van der Waals surface area contributed by atoms with E-state index in [2.05, 4.69) is 36.0 Å². The summed E-state index contributed by atoms with van der Waals surface area (Å²) in [4.78, 5) is 17.2. The van der Waals surface area contributed by atoms with Gasteiger partial charge in [0.05, 0.1) is 0 Å². The van der Waals surface area contributed by atoms with E-state index in [1.807, 2.05) is 48.5 Å².